The molecule has 7 nitrogen and oxygen atoms in total. The van der Waals surface area contributed by atoms with E-state index in [1.54, 1.807) is 25.0 Å². The molecule has 0 N–H and O–H groups in total. The first-order valence-electron chi connectivity index (χ1n) is 8.35. The van der Waals surface area contributed by atoms with Gasteiger partial charge in [0.1, 0.15) is 11.8 Å². The van der Waals surface area contributed by atoms with E-state index in [2.05, 4.69) is 11.1 Å². The Morgan fingerprint density at radius 2 is 2.00 bits per heavy atom. The van der Waals surface area contributed by atoms with Crippen molar-refractivity contribution in [3.05, 3.63) is 41.4 Å². The monoisotopic (exact) mass is 352 g/mol. The molecule has 0 bridgehead atoms. The number of piperazine rings is 1. The number of aromatic nitrogens is 1. The lowest BCUT2D eigenvalue weighted by atomic mass is 10.2. The van der Waals surface area contributed by atoms with Crippen LogP contribution in [0.15, 0.2) is 28.7 Å². The number of carbonyl (C=O) groups excluding carboxylic acids is 1. The number of benzene rings is 1. The number of ether oxygens (including phenoxy) is 1. The first kappa shape index (κ1) is 17.5. The molecule has 0 saturated carbocycles. The van der Waals surface area contributed by atoms with Crippen LogP contribution in [0.25, 0.3) is 12.2 Å². The third kappa shape index (κ3) is 3.70. The van der Waals surface area contributed by atoms with Crippen LogP contribution in [0, 0.1) is 11.3 Å². The first-order valence-corrected chi connectivity index (χ1v) is 8.35. The second-order valence-corrected chi connectivity index (χ2v) is 5.89. The number of methoxy groups -OCH3 is 1. The number of carbonyl (C=O) groups is 1. The van der Waals surface area contributed by atoms with Gasteiger partial charge in [0.05, 0.1) is 7.11 Å². The SMILES string of the molecule is COc1ccccc1/C=C/c1nc(C#N)c(N2CCN(C(C)=O)CC2)o1. The summed E-state index contributed by atoms with van der Waals surface area (Å²) in [6.07, 6.45) is 3.55. The summed E-state index contributed by atoms with van der Waals surface area (Å²) in [5, 5.41) is 9.36. The van der Waals surface area contributed by atoms with E-state index in [0.29, 0.717) is 38.0 Å². The van der Waals surface area contributed by atoms with E-state index < -0.39 is 0 Å². The lowest BCUT2D eigenvalue weighted by Gasteiger charge is -2.33. The van der Waals surface area contributed by atoms with Crippen LogP contribution in [0.1, 0.15) is 24.1 Å². The molecule has 0 radical (unpaired) electrons. The normalized spacial score (nSPS) is 14.5. The lowest BCUT2D eigenvalue weighted by molar-refractivity contribution is -0.129. The van der Waals surface area contributed by atoms with Gasteiger partial charge in [-0.3, -0.25) is 4.79 Å². The van der Waals surface area contributed by atoms with E-state index in [9.17, 15) is 10.1 Å². The molecule has 0 unspecified atom stereocenters. The largest absolute Gasteiger partial charge is 0.496 e. The van der Waals surface area contributed by atoms with E-state index in [0.717, 1.165) is 11.3 Å². The standard InChI is InChI=1S/C19H20N4O3/c1-14(24)22-9-11-23(12-10-22)19-16(13-20)21-18(26-19)8-7-15-5-3-4-6-17(15)25-2/h3-8H,9-12H2,1-2H3/b8-7+. The summed E-state index contributed by atoms with van der Waals surface area (Å²) < 4.78 is 11.1. The molecule has 1 aliphatic rings. The number of rotatable bonds is 4. The van der Waals surface area contributed by atoms with Crippen molar-refractivity contribution in [3.63, 3.8) is 0 Å². The maximum atomic E-state index is 11.4. The number of nitrogens with zero attached hydrogens (tertiary/aromatic N) is 4. The highest BCUT2D eigenvalue weighted by Gasteiger charge is 2.24. The van der Waals surface area contributed by atoms with Gasteiger partial charge in [-0.05, 0) is 12.1 Å². The molecule has 7 heteroatoms. The molecule has 134 valence electrons. The molecule has 1 fully saturated rings. The fourth-order valence-corrected chi connectivity index (χ4v) is 2.88. The van der Waals surface area contributed by atoms with Crippen LogP contribution in [0.3, 0.4) is 0 Å². The second kappa shape index (κ2) is 7.74. The van der Waals surface area contributed by atoms with Crippen LogP contribution in [-0.2, 0) is 4.79 Å². The van der Waals surface area contributed by atoms with E-state index in [1.165, 1.54) is 0 Å². The molecule has 2 heterocycles. The lowest BCUT2D eigenvalue weighted by Crippen LogP contribution is -2.48. The van der Waals surface area contributed by atoms with Gasteiger partial charge in [0, 0.05) is 44.7 Å². The molecule has 0 aliphatic carbocycles. The highest BCUT2D eigenvalue weighted by molar-refractivity contribution is 5.73. The Bertz CT molecular complexity index is 858. The number of hydrogen-bond acceptors (Lipinski definition) is 6. The molecule has 0 spiro atoms. The molecule has 1 aromatic heterocycles. The van der Waals surface area contributed by atoms with Crippen molar-refractivity contribution in [3.8, 4) is 11.8 Å². The van der Waals surface area contributed by atoms with E-state index in [-0.39, 0.29) is 11.6 Å². The number of para-hydroxylation sites is 1. The van der Waals surface area contributed by atoms with Crippen molar-refractivity contribution < 1.29 is 13.9 Å². The highest BCUT2D eigenvalue weighted by atomic mass is 16.5. The molecule has 1 aromatic carbocycles. The number of oxazole rings is 1. The second-order valence-electron chi connectivity index (χ2n) is 5.89. The summed E-state index contributed by atoms with van der Waals surface area (Å²) >= 11 is 0. The smallest absolute Gasteiger partial charge is 0.235 e. The zero-order valence-corrected chi connectivity index (χ0v) is 14.8. The molecule has 0 atom stereocenters. The quantitative estimate of drug-likeness (QED) is 0.840. The maximum absolute atomic E-state index is 11.4. The van der Waals surface area contributed by atoms with E-state index in [1.807, 2.05) is 35.2 Å². The zero-order chi connectivity index (χ0) is 18.5. The number of nitriles is 1. The Morgan fingerprint density at radius 3 is 2.65 bits per heavy atom. The predicted octanol–water partition coefficient (Wildman–Crippen LogP) is 2.39. The van der Waals surface area contributed by atoms with Crippen molar-refractivity contribution in [1.29, 1.82) is 5.26 Å². The van der Waals surface area contributed by atoms with Crippen LogP contribution in [0.5, 0.6) is 5.75 Å². The minimum Gasteiger partial charge on any atom is -0.496 e. The predicted molar refractivity (Wildman–Crippen MR) is 97.6 cm³/mol. The van der Waals surface area contributed by atoms with Crippen molar-refractivity contribution in [2.75, 3.05) is 38.2 Å². The van der Waals surface area contributed by atoms with Crippen molar-refractivity contribution in [1.82, 2.24) is 9.88 Å². The van der Waals surface area contributed by atoms with Crippen LogP contribution in [-0.4, -0.2) is 49.1 Å². The van der Waals surface area contributed by atoms with Gasteiger partial charge in [0.2, 0.25) is 23.4 Å². The van der Waals surface area contributed by atoms with Crippen molar-refractivity contribution in [2.45, 2.75) is 6.92 Å². The molecule has 1 amide bonds. The van der Waals surface area contributed by atoms with Gasteiger partial charge >= 0.3 is 0 Å². The van der Waals surface area contributed by atoms with E-state index in [4.69, 9.17) is 9.15 Å². The number of anilines is 1. The van der Waals surface area contributed by atoms with Gasteiger partial charge in [0.15, 0.2) is 0 Å². The molecular weight excluding hydrogens is 332 g/mol. The van der Waals surface area contributed by atoms with Crippen LogP contribution in [0.4, 0.5) is 5.88 Å². The average molecular weight is 352 g/mol. The highest BCUT2D eigenvalue weighted by Crippen LogP contribution is 2.25. The average Bonchev–Trinajstić information content (AvgIpc) is 3.10. The van der Waals surface area contributed by atoms with E-state index >= 15 is 0 Å². The number of amides is 1. The van der Waals surface area contributed by atoms with Gasteiger partial charge in [-0.1, -0.05) is 18.2 Å². The first-order chi connectivity index (χ1) is 12.6. The Balaban J connectivity index is 1.78. The Morgan fingerprint density at radius 1 is 1.27 bits per heavy atom. The van der Waals surface area contributed by atoms with Crippen molar-refractivity contribution >= 4 is 23.9 Å². The van der Waals surface area contributed by atoms with Gasteiger partial charge in [0.25, 0.3) is 0 Å². The molecule has 3 rings (SSSR count). The summed E-state index contributed by atoms with van der Waals surface area (Å²) in [6, 6.07) is 9.69. The Hall–Kier alpha value is -3.27. The molecular formula is C19H20N4O3. The maximum Gasteiger partial charge on any atom is 0.235 e. The summed E-state index contributed by atoms with van der Waals surface area (Å²) in [5.74, 6) is 1.62. The minimum absolute atomic E-state index is 0.0585. The molecule has 1 saturated heterocycles. The van der Waals surface area contributed by atoms with Gasteiger partial charge in [-0.25, -0.2) is 0 Å². The topological polar surface area (TPSA) is 82.6 Å². The van der Waals surface area contributed by atoms with Crippen molar-refractivity contribution in [2.24, 2.45) is 0 Å². The van der Waals surface area contributed by atoms with Gasteiger partial charge in [-0.2, -0.15) is 10.2 Å². The fourth-order valence-electron chi connectivity index (χ4n) is 2.88. The van der Waals surface area contributed by atoms with Crippen LogP contribution >= 0.6 is 0 Å². The van der Waals surface area contributed by atoms with Crippen LogP contribution < -0.4 is 9.64 Å². The Labute approximate surface area is 152 Å². The molecule has 2 aromatic rings. The van der Waals surface area contributed by atoms with Gasteiger partial charge < -0.3 is 19.0 Å². The van der Waals surface area contributed by atoms with Gasteiger partial charge in [-0.15, -0.1) is 0 Å². The summed E-state index contributed by atoms with van der Waals surface area (Å²) in [6.45, 7) is 3.99. The molecule has 1 aliphatic heterocycles. The van der Waals surface area contributed by atoms with Crippen LogP contribution in [0.2, 0.25) is 0 Å². The molecule has 26 heavy (non-hydrogen) atoms. The minimum atomic E-state index is 0.0585. The Kier molecular flexibility index (Phi) is 5.23. The summed E-state index contributed by atoms with van der Waals surface area (Å²) in [7, 11) is 1.62. The third-order valence-electron chi connectivity index (χ3n) is 4.29. The zero-order valence-electron chi connectivity index (χ0n) is 14.8. The summed E-state index contributed by atoms with van der Waals surface area (Å²) in [5.41, 5.74) is 1.14. The summed E-state index contributed by atoms with van der Waals surface area (Å²) in [4.78, 5) is 19.4. The third-order valence-corrected chi connectivity index (χ3v) is 4.29. The number of hydrogen-bond donors (Lipinski definition) is 0. The fraction of sp³-hybridized carbons (Fsp3) is 0.316.